The average Bonchev–Trinajstić information content (AvgIpc) is 3.23. The third-order valence-corrected chi connectivity index (χ3v) is 4.59. The summed E-state index contributed by atoms with van der Waals surface area (Å²) in [4.78, 5) is 14.3. The molecule has 1 unspecified atom stereocenters. The summed E-state index contributed by atoms with van der Waals surface area (Å²) >= 11 is 3.52. The third kappa shape index (κ3) is 3.83. The SMILES string of the molecule is O=C(NC1CCCN(Cc2cccc(Br)c2)C1)C1CC1. The molecule has 108 valence electrons. The highest BCUT2D eigenvalue weighted by Crippen LogP contribution is 2.29. The molecule has 0 bridgehead atoms. The van der Waals surface area contributed by atoms with Gasteiger partial charge in [0, 0.05) is 29.5 Å². The zero-order valence-corrected chi connectivity index (χ0v) is 13.2. The maximum Gasteiger partial charge on any atom is 0.223 e. The van der Waals surface area contributed by atoms with Crippen LogP contribution in [-0.2, 0) is 11.3 Å². The summed E-state index contributed by atoms with van der Waals surface area (Å²) in [7, 11) is 0. The number of amides is 1. The molecule has 1 aliphatic heterocycles. The molecule has 0 radical (unpaired) electrons. The van der Waals surface area contributed by atoms with Crippen molar-refractivity contribution < 1.29 is 4.79 Å². The highest BCUT2D eigenvalue weighted by atomic mass is 79.9. The van der Waals surface area contributed by atoms with Crippen molar-refractivity contribution in [1.82, 2.24) is 10.2 Å². The fraction of sp³-hybridized carbons (Fsp3) is 0.562. The molecule has 2 aliphatic rings. The van der Waals surface area contributed by atoms with Crippen LogP contribution in [0.2, 0.25) is 0 Å². The van der Waals surface area contributed by atoms with E-state index in [1.165, 1.54) is 12.0 Å². The number of rotatable bonds is 4. The lowest BCUT2D eigenvalue weighted by molar-refractivity contribution is -0.123. The number of hydrogen-bond acceptors (Lipinski definition) is 2. The molecule has 1 aromatic rings. The summed E-state index contributed by atoms with van der Waals surface area (Å²) in [6.07, 6.45) is 4.46. The molecule has 1 amide bonds. The predicted molar refractivity (Wildman–Crippen MR) is 83.3 cm³/mol. The quantitative estimate of drug-likeness (QED) is 0.916. The topological polar surface area (TPSA) is 32.3 Å². The van der Waals surface area contributed by atoms with Crippen LogP contribution in [0.15, 0.2) is 28.7 Å². The summed E-state index contributed by atoms with van der Waals surface area (Å²) in [5.74, 6) is 0.592. The van der Waals surface area contributed by atoms with E-state index in [1.54, 1.807) is 0 Å². The molecule has 1 aliphatic carbocycles. The molecule has 4 heteroatoms. The Morgan fingerprint density at radius 2 is 2.20 bits per heavy atom. The van der Waals surface area contributed by atoms with Gasteiger partial charge in [-0.3, -0.25) is 9.69 Å². The first kappa shape index (κ1) is 14.1. The van der Waals surface area contributed by atoms with E-state index in [9.17, 15) is 4.79 Å². The fourth-order valence-electron chi connectivity index (χ4n) is 2.88. The molecule has 1 atom stereocenters. The average molecular weight is 337 g/mol. The number of carbonyl (C=O) groups is 1. The highest BCUT2D eigenvalue weighted by Gasteiger charge is 2.31. The molecule has 0 spiro atoms. The molecule has 20 heavy (non-hydrogen) atoms. The largest absolute Gasteiger partial charge is 0.352 e. The van der Waals surface area contributed by atoms with E-state index in [4.69, 9.17) is 0 Å². The van der Waals surface area contributed by atoms with Crippen LogP contribution < -0.4 is 5.32 Å². The van der Waals surface area contributed by atoms with Crippen molar-refractivity contribution >= 4 is 21.8 Å². The van der Waals surface area contributed by atoms with Crippen molar-refractivity contribution in [2.75, 3.05) is 13.1 Å². The minimum absolute atomic E-state index is 0.277. The van der Waals surface area contributed by atoms with Crippen molar-refractivity contribution in [3.05, 3.63) is 34.3 Å². The van der Waals surface area contributed by atoms with E-state index >= 15 is 0 Å². The van der Waals surface area contributed by atoms with Crippen LogP contribution in [-0.4, -0.2) is 29.9 Å². The van der Waals surface area contributed by atoms with Crippen LogP contribution in [0.3, 0.4) is 0 Å². The third-order valence-electron chi connectivity index (χ3n) is 4.10. The Morgan fingerprint density at radius 3 is 2.95 bits per heavy atom. The van der Waals surface area contributed by atoms with Crippen LogP contribution in [0.25, 0.3) is 0 Å². The van der Waals surface area contributed by atoms with Gasteiger partial charge >= 0.3 is 0 Å². The normalized spacial score (nSPS) is 23.6. The van der Waals surface area contributed by atoms with Gasteiger partial charge in [0.25, 0.3) is 0 Å². The Kier molecular flexibility index (Phi) is 4.41. The van der Waals surface area contributed by atoms with E-state index in [0.29, 0.717) is 12.0 Å². The first-order valence-corrected chi connectivity index (χ1v) is 8.27. The number of nitrogens with one attached hydrogen (secondary N) is 1. The van der Waals surface area contributed by atoms with Gasteiger partial charge in [-0.2, -0.15) is 0 Å². The summed E-state index contributed by atoms with van der Waals surface area (Å²) in [5.41, 5.74) is 1.33. The maximum absolute atomic E-state index is 11.8. The number of halogens is 1. The molecule has 3 nitrogen and oxygen atoms in total. The van der Waals surface area contributed by atoms with Gasteiger partial charge in [-0.15, -0.1) is 0 Å². The molecular formula is C16H21BrN2O. The van der Waals surface area contributed by atoms with Gasteiger partial charge in [0.2, 0.25) is 5.91 Å². The Balaban J connectivity index is 1.53. The van der Waals surface area contributed by atoms with Crippen molar-refractivity contribution in [2.45, 2.75) is 38.3 Å². The van der Waals surface area contributed by atoms with E-state index in [0.717, 1.165) is 43.4 Å². The summed E-state index contributed by atoms with van der Waals surface area (Å²) < 4.78 is 1.13. The Morgan fingerprint density at radius 1 is 1.35 bits per heavy atom. The Hall–Kier alpha value is -0.870. The summed E-state index contributed by atoms with van der Waals surface area (Å²) in [6, 6.07) is 8.81. The zero-order valence-electron chi connectivity index (χ0n) is 11.6. The van der Waals surface area contributed by atoms with Gasteiger partial charge in [-0.1, -0.05) is 28.1 Å². The van der Waals surface area contributed by atoms with E-state index in [2.05, 4.69) is 50.4 Å². The maximum atomic E-state index is 11.8. The predicted octanol–water partition coefficient (Wildman–Crippen LogP) is 2.94. The number of carbonyl (C=O) groups excluding carboxylic acids is 1. The van der Waals surface area contributed by atoms with Gasteiger partial charge in [-0.05, 0) is 49.9 Å². The standard InChI is InChI=1S/C16H21BrN2O/c17-14-4-1-3-12(9-14)10-19-8-2-5-15(11-19)18-16(20)13-6-7-13/h1,3-4,9,13,15H,2,5-8,10-11H2,(H,18,20). The number of nitrogens with zero attached hydrogens (tertiary/aromatic N) is 1. The van der Waals surface area contributed by atoms with Crippen LogP contribution in [0, 0.1) is 5.92 Å². The lowest BCUT2D eigenvalue weighted by Crippen LogP contribution is -2.47. The van der Waals surface area contributed by atoms with Crippen molar-refractivity contribution in [3.8, 4) is 0 Å². The van der Waals surface area contributed by atoms with Gasteiger partial charge in [0.05, 0.1) is 0 Å². The second kappa shape index (κ2) is 6.27. The van der Waals surface area contributed by atoms with E-state index in [1.807, 2.05) is 0 Å². The van der Waals surface area contributed by atoms with E-state index < -0.39 is 0 Å². The number of piperidine rings is 1. The van der Waals surface area contributed by atoms with Crippen LogP contribution in [0.1, 0.15) is 31.2 Å². The van der Waals surface area contributed by atoms with Gasteiger partial charge in [0.15, 0.2) is 0 Å². The van der Waals surface area contributed by atoms with Gasteiger partial charge < -0.3 is 5.32 Å². The zero-order chi connectivity index (χ0) is 13.9. The minimum atomic E-state index is 0.277. The molecule has 2 fully saturated rings. The molecule has 0 aromatic heterocycles. The molecule has 3 rings (SSSR count). The second-order valence-corrected chi connectivity index (χ2v) is 6.90. The summed E-state index contributed by atoms with van der Waals surface area (Å²) in [6.45, 7) is 3.07. The van der Waals surface area contributed by atoms with Crippen LogP contribution >= 0.6 is 15.9 Å². The number of hydrogen-bond donors (Lipinski definition) is 1. The monoisotopic (exact) mass is 336 g/mol. The molecular weight excluding hydrogens is 316 g/mol. The smallest absolute Gasteiger partial charge is 0.223 e. The van der Waals surface area contributed by atoms with Gasteiger partial charge in [-0.25, -0.2) is 0 Å². The fourth-order valence-corrected chi connectivity index (χ4v) is 3.32. The molecule has 1 saturated carbocycles. The van der Waals surface area contributed by atoms with E-state index in [-0.39, 0.29) is 5.91 Å². The molecule has 1 N–H and O–H groups in total. The minimum Gasteiger partial charge on any atom is -0.352 e. The molecule has 1 heterocycles. The van der Waals surface area contributed by atoms with Crippen molar-refractivity contribution in [2.24, 2.45) is 5.92 Å². The van der Waals surface area contributed by atoms with Gasteiger partial charge in [0.1, 0.15) is 0 Å². The molecule has 1 aromatic carbocycles. The highest BCUT2D eigenvalue weighted by molar-refractivity contribution is 9.10. The first-order valence-electron chi connectivity index (χ1n) is 7.48. The number of benzene rings is 1. The van der Waals surface area contributed by atoms with Crippen molar-refractivity contribution in [3.63, 3.8) is 0 Å². The van der Waals surface area contributed by atoms with Crippen molar-refractivity contribution in [1.29, 1.82) is 0 Å². The second-order valence-electron chi connectivity index (χ2n) is 5.99. The lowest BCUT2D eigenvalue weighted by Gasteiger charge is -2.33. The Labute approximate surface area is 128 Å². The lowest BCUT2D eigenvalue weighted by atomic mass is 10.0. The first-order chi connectivity index (χ1) is 9.70. The van der Waals surface area contributed by atoms with Crippen LogP contribution in [0.4, 0.5) is 0 Å². The number of likely N-dealkylation sites (tertiary alicyclic amines) is 1. The summed E-state index contributed by atoms with van der Waals surface area (Å²) in [5, 5.41) is 3.22. The Bertz CT molecular complexity index is 487. The van der Waals surface area contributed by atoms with Crippen LogP contribution in [0.5, 0.6) is 0 Å². The molecule has 1 saturated heterocycles.